The molecule has 15 heavy (non-hydrogen) atoms. The molecule has 84 valence electrons. The summed E-state index contributed by atoms with van der Waals surface area (Å²) in [4.78, 5) is 12.2. The number of hydrogen-bond donors (Lipinski definition) is 0. The van der Waals surface area contributed by atoms with E-state index in [0.29, 0.717) is 0 Å². The Morgan fingerprint density at radius 3 is 2.13 bits per heavy atom. The van der Waals surface area contributed by atoms with Crippen molar-refractivity contribution in [2.24, 2.45) is 0 Å². The smallest absolute Gasteiger partial charge is 0.197 e. The molecule has 0 aliphatic carbocycles. The molecule has 3 heteroatoms. The zero-order valence-corrected chi connectivity index (χ0v) is 10.5. The van der Waals surface area contributed by atoms with Gasteiger partial charge in [-0.2, -0.15) is 13.9 Å². The average molecular weight is 209 g/mol. The minimum absolute atomic E-state index is 0.0949. The van der Waals surface area contributed by atoms with Crippen molar-refractivity contribution >= 4 is 0 Å². The first kappa shape index (κ1) is 12.0. The van der Waals surface area contributed by atoms with Crippen LogP contribution in [0.3, 0.4) is 0 Å². The molecule has 0 saturated heterocycles. The normalized spacial score (nSPS) is 11.5. The minimum Gasteiger partial charge on any atom is -0.197 e. The third kappa shape index (κ3) is 2.11. The number of aromatic nitrogens is 2. The van der Waals surface area contributed by atoms with Gasteiger partial charge in [-0.3, -0.25) is 0 Å². The molecule has 0 spiro atoms. The van der Waals surface area contributed by atoms with Crippen molar-refractivity contribution in [1.82, 2.24) is 4.57 Å². The highest BCUT2D eigenvalue weighted by Crippen LogP contribution is 2.05. The van der Waals surface area contributed by atoms with Gasteiger partial charge in [0.05, 0.1) is 12.1 Å². The monoisotopic (exact) mass is 209 g/mol. The number of aryl methyl sites for hydroxylation is 2. The van der Waals surface area contributed by atoms with Gasteiger partial charge in [-0.05, 0) is 41.5 Å². The molecule has 1 rings (SSSR count). The Morgan fingerprint density at radius 2 is 1.73 bits per heavy atom. The molecular weight excluding hydrogens is 188 g/mol. The fourth-order valence-electron chi connectivity index (χ4n) is 2.12. The van der Waals surface area contributed by atoms with Gasteiger partial charge in [0, 0.05) is 6.07 Å². The molecule has 1 aromatic heterocycles. The lowest BCUT2D eigenvalue weighted by Crippen LogP contribution is -2.58. The second-order valence-corrected chi connectivity index (χ2v) is 4.64. The Bertz CT molecular complexity index is 381. The Hall–Kier alpha value is -1.12. The van der Waals surface area contributed by atoms with Crippen molar-refractivity contribution in [3.8, 4) is 0 Å². The molecule has 0 aliphatic heterocycles. The number of rotatable bonds is 2. The summed E-state index contributed by atoms with van der Waals surface area (Å²) in [6.07, 6.45) is 0. The topological polar surface area (TPSA) is 25.9 Å². The zero-order chi connectivity index (χ0) is 11.7. The van der Waals surface area contributed by atoms with E-state index in [2.05, 4.69) is 6.07 Å². The molecule has 0 radical (unpaired) electrons. The lowest BCUT2D eigenvalue weighted by molar-refractivity contribution is -0.739. The van der Waals surface area contributed by atoms with Crippen LogP contribution in [0.25, 0.3) is 0 Å². The van der Waals surface area contributed by atoms with Gasteiger partial charge in [-0.1, -0.05) is 0 Å². The summed E-state index contributed by atoms with van der Waals surface area (Å²) in [7, 11) is 0. The molecule has 0 aromatic carbocycles. The van der Waals surface area contributed by atoms with Gasteiger partial charge >= 0.3 is 5.69 Å². The molecule has 0 aliphatic rings. The van der Waals surface area contributed by atoms with E-state index in [1.165, 1.54) is 0 Å². The first-order chi connectivity index (χ1) is 6.86. The maximum absolute atomic E-state index is 12.2. The number of nitrogens with zero attached hydrogens (tertiary/aromatic N) is 2. The van der Waals surface area contributed by atoms with E-state index in [0.717, 1.165) is 11.4 Å². The second-order valence-electron chi connectivity index (χ2n) is 4.64. The first-order valence-electron chi connectivity index (χ1n) is 5.50. The molecule has 1 heterocycles. The minimum atomic E-state index is 0.0949. The molecule has 0 N–H and O–H groups in total. The van der Waals surface area contributed by atoms with Crippen LogP contribution in [0, 0.1) is 13.8 Å². The van der Waals surface area contributed by atoms with Crippen LogP contribution in [-0.4, -0.2) is 4.57 Å². The first-order valence-corrected chi connectivity index (χ1v) is 5.50. The van der Waals surface area contributed by atoms with Crippen LogP contribution < -0.4 is 10.3 Å². The van der Waals surface area contributed by atoms with E-state index in [4.69, 9.17) is 0 Å². The standard InChI is InChI=1S/C12H21N2O/c1-8(2)13-10(5)7-11(6)14(9(3)4)12(13)15/h7-9H,1-6H3/q+1. The van der Waals surface area contributed by atoms with Gasteiger partial charge in [-0.15, -0.1) is 0 Å². The third-order valence-corrected chi connectivity index (χ3v) is 2.62. The molecule has 0 amide bonds. The van der Waals surface area contributed by atoms with Gasteiger partial charge in [0.1, 0.15) is 11.4 Å². The van der Waals surface area contributed by atoms with Gasteiger partial charge in [0.2, 0.25) is 0 Å². The molecule has 3 nitrogen and oxygen atoms in total. The molecular formula is C12H21N2O+. The van der Waals surface area contributed by atoms with Crippen LogP contribution in [0.5, 0.6) is 0 Å². The van der Waals surface area contributed by atoms with Gasteiger partial charge in [0.25, 0.3) is 0 Å². The van der Waals surface area contributed by atoms with Gasteiger partial charge < -0.3 is 0 Å². The molecule has 0 bridgehead atoms. The summed E-state index contributed by atoms with van der Waals surface area (Å²) in [5.41, 5.74) is 2.16. The predicted molar refractivity (Wildman–Crippen MR) is 61.1 cm³/mol. The SMILES string of the molecule is Cc1cc(C)[n+](C(C)C)c(=O)n1C(C)C. The van der Waals surface area contributed by atoms with Crippen molar-refractivity contribution in [3.05, 3.63) is 27.9 Å². The summed E-state index contributed by atoms with van der Waals surface area (Å²) in [6.45, 7) is 12.1. The van der Waals surface area contributed by atoms with E-state index in [-0.39, 0.29) is 17.8 Å². The van der Waals surface area contributed by atoms with Crippen LogP contribution >= 0.6 is 0 Å². The molecule has 0 atom stereocenters. The highest BCUT2D eigenvalue weighted by Gasteiger charge is 2.20. The van der Waals surface area contributed by atoms with E-state index in [1.807, 2.05) is 50.7 Å². The Morgan fingerprint density at radius 1 is 1.20 bits per heavy atom. The summed E-state index contributed by atoms with van der Waals surface area (Å²) in [5, 5.41) is 0. The fraction of sp³-hybridized carbons (Fsp3) is 0.667. The highest BCUT2D eigenvalue weighted by atomic mass is 16.1. The molecule has 1 aromatic rings. The highest BCUT2D eigenvalue weighted by molar-refractivity contribution is 5.03. The fourth-order valence-corrected chi connectivity index (χ4v) is 2.12. The maximum atomic E-state index is 12.2. The van der Waals surface area contributed by atoms with E-state index in [9.17, 15) is 4.79 Å². The van der Waals surface area contributed by atoms with E-state index < -0.39 is 0 Å². The van der Waals surface area contributed by atoms with Crippen LogP contribution in [0.15, 0.2) is 10.9 Å². The van der Waals surface area contributed by atoms with Crippen molar-refractivity contribution < 1.29 is 4.57 Å². The van der Waals surface area contributed by atoms with Crippen LogP contribution in [0.2, 0.25) is 0 Å². The Labute approximate surface area is 91.4 Å². The average Bonchev–Trinajstić information content (AvgIpc) is 1.99. The van der Waals surface area contributed by atoms with Crippen LogP contribution in [-0.2, 0) is 0 Å². The van der Waals surface area contributed by atoms with Crippen LogP contribution in [0.1, 0.15) is 51.2 Å². The lowest BCUT2D eigenvalue weighted by atomic mass is 10.2. The van der Waals surface area contributed by atoms with Crippen molar-refractivity contribution in [2.75, 3.05) is 0 Å². The van der Waals surface area contributed by atoms with E-state index in [1.54, 1.807) is 0 Å². The Kier molecular flexibility index (Phi) is 3.32. The van der Waals surface area contributed by atoms with Crippen LogP contribution in [0.4, 0.5) is 0 Å². The second kappa shape index (κ2) is 4.17. The quantitative estimate of drug-likeness (QED) is 0.683. The summed E-state index contributed by atoms with van der Waals surface area (Å²) in [6, 6.07) is 2.49. The largest absolute Gasteiger partial charge is 0.498 e. The van der Waals surface area contributed by atoms with Crippen molar-refractivity contribution in [2.45, 2.75) is 53.6 Å². The zero-order valence-electron chi connectivity index (χ0n) is 10.5. The lowest BCUT2D eigenvalue weighted by Gasteiger charge is -2.12. The van der Waals surface area contributed by atoms with Crippen molar-refractivity contribution in [1.29, 1.82) is 0 Å². The van der Waals surface area contributed by atoms with Crippen molar-refractivity contribution in [3.63, 3.8) is 0 Å². The Balaban J connectivity index is 3.57. The molecule has 0 fully saturated rings. The molecule has 0 unspecified atom stereocenters. The summed E-state index contributed by atoms with van der Waals surface area (Å²) < 4.78 is 3.68. The number of hydrogen-bond acceptors (Lipinski definition) is 1. The summed E-state index contributed by atoms with van der Waals surface area (Å²) in [5.74, 6) is 0. The van der Waals surface area contributed by atoms with Gasteiger partial charge in [0.15, 0.2) is 0 Å². The third-order valence-electron chi connectivity index (χ3n) is 2.62. The molecule has 0 saturated carbocycles. The predicted octanol–water partition coefficient (Wildman–Crippen LogP) is 1.91. The van der Waals surface area contributed by atoms with E-state index >= 15 is 0 Å². The summed E-state index contributed by atoms with van der Waals surface area (Å²) >= 11 is 0. The maximum Gasteiger partial charge on any atom is 0.498 e. The van der Waals surface area contributed by atoms with Gasteiger partial charge in [-0.25, -0.2) is 0 Å².